The predicted octanol–water partition coefficient (Wildman–Crippen LogP) is 4.35. The van der Waals surface area contributed by atoms with E-state index in [1.165, 1.54) is 5.56 Å². The van der Waals surface area contributed by atoms with Crippen LogP contribution in [0.25, 0.3) is 0 Å². The molecule has 0 saturated carbocycles. The molecule has 174 valence electrons. The van der Waals surface area contributed by atoms with Crippen molar-refractivity contribution in [3.8, 4) is 0 Å². The number of nitrogens with zero attached hydrogens (tertiary/aromatic N) is 6. The molecule has 0 radical (unpaired) electrons. The van der Waals surface area contributed by atoms with Gasteiger partial charge in [-0.15, -0.1) is 9.97 Å². The first-order chi connectivity index (χ1) is 15.8. The molecule has 1 saturated heterocycles. The molecule has 8 nitrogen and oxygen atoms in total. The lowest BCUT2D eigenvalue weighted by Crippen LogP contribution is -2.50. The average molecular weight is 470 g/mol. The number of amides is 1. The number of ether oxygens (including phenoxy) is 1. The molecule has 2 aromatic rings. The lowest BCUT2D eigenvalue weighted by atomic mass is 10.1. The van der Waals surface area contributed by atoms with Crippen molar-refractivity contribution in [1.82, 2.24) is 24.3 Å². The first-order valence-electron chi connectivity index (χ1n) is 11.2. The Labute approximate surface area is 199 Å². The Morgan fingerprint density at radius 2 is 1.79 bits per heavy atom. The molecular formula is C24H30ClN6O2+. The second-order valence-corrected chi connectivity index (χ2v) is 9.06. The van der Waals surface area contributed by atoms with Crippen molar-refractivity contribution in [3.63, 3.8) is 0 Å². The molecule has 0 bridgehead atoms. The van der Waals surface area contributed by atoms with E-state index in [1.807, 2.05) is 24.3 Å². The SMILES string of the molecule is CC(c1ccccc1)N1CCN(c2nc(Cl)nc([N+](C)(C)C(=O)OC3=CCCC=C3)n2)CC1. The number of rotatable bonds is 5. The number of piperazine rings is 1. The summed E-state index contributed by atoms with van der Waals surface area (Å²) in [6.45, 7) is 5.48. The molecule has 0 N–H and O–H groups in total. The van der Waals surface area contributed by atoms with Crippen LogP contribution in [0.4, 0.5) is 16.7 Å². The van der Waals surface area contributed by atoms with Crippen molar-refractivity contribution in [2.75, 3.05) is 45.2 Å². The molecule has 2 heterocycles. The summed E-state index contributed by atoms with van der Waals surface area (Å²) in [7, 11) is 3.37. The summed E-state index contributed by atoms with van der Waals surface area (Å²) in [4.78, 5) is 30.6. The first kappa shape index (κ1) is 23.4. The standard InChI is InChI=1S/C24H30ClN6O2/c1-18(19-10-6-4-7-11-19)29-14-16-30(17-15-29)22-26-21(25)27-23(28-22)31(2,3)24(32)33-20-12-8-5-9-13-20/h4,6-8,10-13,18H,5,9,14-17H2,1-3H3/q+1. The molecule has 1 aromatic carbocycles. The Hall–Kier alpha value is -2.81. The molecule has 4 rings (SSSR count). The van der Waals surface area contributed by atoms with Gasteiger partial charge in [0.05, 0.1) is 14.1 Å². The highest BCUT2D eigenvalue weighted by molar-refractivity contribution is 6.28. The number of quaternary nitrogens is 1. The zero-order valence-electron chi connectivity index (χ0n) is 19.3. The van der Waals surface area contributed by atoms with Crippen molar-refractivity contribution in [2.45, 2.75) is 25.8 Å². The van der Waals surface area contributed by atoms with E-state index >= 15 is 0 Å². The molecule has 1 amide bonds. The fourth-order valence-electron chi connectivity index (χ4n) is 3.93. The number of halogens is 1. The molecule has 1 aromatic heterocycles. The highest BCUT2D eigenvalue weighted by Gasteiger charge is 2.37. The highest BCUT2D eigenvalue weighted by atomic mass is 35.5. The van der Waals surface area contributed by atoms with Crippen molar-refractivity contribution in [2.24, 2.45) is 0 Å². The van der Waals surface area contributed by atoms with Gasteiger partial charge in [0.2, 0.25) is 11.2 Å². The van der Waals surface area contributed by atoms with E-state index in [1.54, 1.807) is 14.1 Å². The zero-order valence-corrected chi connectivity index (χ0v) is 20.1. The van der Waals surface area contributed by atoms with Gasteiger partial charge in [0.1, 0.15) is 5.76 Å². The summed E-state index contributed by atoms with van der Waals surface area (Å²) in [6.07, 6.45) is 7.01. The van der Waals surface area contributed by atoms with Gasteiger partial charge in [-0.1, -0.05) is 36.4 Å². The predicted molar refractivity (Wildman–Crippen MR) is 130 cm³/mol. The molecule has 2 aliphatic rings. The summed E-state index contributed by atoms with van der Waals surface area (Å²) < 4.78 is 5.26. The number of anilines is 1. The largest absolute Gasteiger partial charge is 0.528 e. The summed E-state index contributed by atoms with van der Waals surface area (Å²) in [6, 6.07) is 10.8. The van der Waals surface area contributed by atoms with Gasteiger partial charge in [0, 0.05) is 32.2 Å². The van der Waals surface area contributed by atoms with Gasteiger partial charge in [0.25, 0.3) is 0 Å². The van der Waals surface area contributed by atoms with Crippen LogP contribution in [0.2, 0.25) is 5.28 Å². The topological polar surface area (TPSA) is 71.5 Å². The number of hydrogen-bond acceptors (Lipinski definition) is 7. The maximum atomic E-state index is 12.9. The molecule has 0 spiro atoms. The fraction of sp³-hybridized carbons (Fsp3) is 0.417. The average Bonchev–Trinajstić information content (AvgIpc) is 2.84. The van der Waals surface area contributed by atoms with Gasteiger partial charge in [-0.2, -0.15) is 14.3 Å². The zero-order chi connectivity index (χ0) is 23.4. The van der Waals surface area contributed by atoms with Crippen LogP contribution < -0.4 is 9.38 Å². The third kappa shape index (κ3) is 5.40. The Bertz CT molecular complexity index is 1050. The Morgan fingerprint density at radius 3 is 2.45 bits per heavy atom. The summed E-state index contributed by atoms with van der Waals surface area (Å²) in [5.41, 5.74) is 1.30. The first-order valence-corrected chi connectivity index (χ1v) is 11.6. The molecule has 33 heavy (non-hydrogen) atoms. The lowest BCUT2D eigenvalue weighted by molar-refractivity contribution is 0.147. The van der Waals surface area contributed by atoms with Crippen LogP contribution in [-0.4, -0.2) is 66.2 Å². The van der Waals surface area contributed by atoms with Gasteiger partial charge in [-0.05, 0) is 49.1 Å². The normalized spacial score (nSPS) is 18.1. The van der Waals surface area contributed by atoms with Crippen LogP contribution in [0.15, 0.2) is 54.3 Å². The van der Waals surface area contributed by atoms with Crippen LogP contribution >= 0.6 is 11.6 Å². The minimum Gasteiger partial charge on any atom is -0.381 e. The summed E-state index contributed by atoms with van der Waals surface area (Å²) in [5.74, 6) is 1.27. The second-order valence-electron chi connectivity index (χ2n) is 8.72. The number of benzene rings is 1. The van der Waals surface area contributed by atoms with Crippen molar-refractivity contribution >= 4 is 29.6 Å². The van der Waals surface area contributed by atoms with Gasteiger partial charge in [-0.3, -0.25) is 4.90 Å². The third-order valence-corrected chi connectivity index (χ3v) is 6.30. The monoisotopic (exact) mass is 469 g/mol. The van der Waals surface area contributed by atoms with Gasteiger partial charge in [-0.25, -0.2) is 0 Å². The van der Waals surface area contributed by atoms with Crippen molar-refractivity contribution < 1.29 is 9.53 Å². The number of carbonyl (C=O) groups is 1. The number of allylic oxidation sites excluding steroid dienone is 3. The van der Waals surface area contributed by atoms with Crippen molar-refractivity contribution in [3.05, 3.63) is 65.2 Å². The Balaban J connectivity index is 1.45. The molecular weight excluding hydrogens is 440 g/mol. The lowest BCUT2D eigenvalue weighted by Gasteiger charge is -2.38. The second kappa shape index (κ2) is 9.99. The third-order valence-electron chi connectivity index (χ3n) is 6.13. The van der Waals surface area contributed by atoms with E-state index in [2.05, 4.69) is 55.9 Å². The van der Waals surface area contributed by atoms with Gasteiger partial charge in [0.15, 0.2) is 0 Å². The van der Waals surface area contributed by atoms with E-state index in [0.717, 1.165) is 39.0 Å². The van der Waals surface area contributed by atoms with Gasteiger partial charge < -0.3 is 9.64 Å². The number of hydrogen-bond donors (Lipinski definition) is 0. The van der Waals surface area contributed by atoms with Crippen LogP contribution in [0.1, 0.15) is 31.4 Å². The van der Waals surface area contributed by atoms with Crippen LogP contribution in [0.5, 0.6) is 0 Å². The molecule has 1 aliphatic carbocycles. The molecule has 1 aliphatic heterocycles. The maximum Gasteiger partial charge on any atom is 0.528 e. The van der Waals surface area contributed by atoms with E-state index in [-0.39, 0.29) is 15.7 Å². The smallest absolute Gasteiger partial charge is 0.381 e. The minimum atomic E-state index is -0.484. The van der Waals surface area contributed by atoms with Gasteiger partial charge >= 0.3 is 12.0 Å². The van der Waals surface area contributed by atoms with Crippen LogP contribution in [0, 0.1) is 0 Å². The van der Waals surface area contributed by atoms with E-state index in [0.29, 0.717) is 17.7 Å². The molecule has 1 fully saturated rings. The molecule has 1 atom stereocenters. The Morgan fingerprint density at radius 1 is 1.06 bits per heavy atom. The Kier molecular flexibility index (Phi) is 7.07. The quantitative estimate of drug-likeness (QED) is 0.603. The van der Waals surface area contributed by atoms with E-state index in [9.17, 15) is 4.79 Å². The number of aromatic nitrogens is 3. The molecule has 9 heteroatoms. The summed E-state index contributed by atoms with van der Waals surface area (Å²) in [5, 5.41) is 0.0610. The minimum absolute atomic E-state index is 0.0610. The van der Waals surface area contributed by atoms with E-state index < -0.39 is 6.09 Å². The van der Waals surface area contributed by atoms with E-state index in [4.69, 9.17) is 16.3 Å². The molecule has 1 unspecified atom stereocenters. The van der Waals surface area contributed by atoms with Crippen LogP contribution in [0.3, 0.4) is 0 Å². The van der Waals surface area contributed by atoms with Crippen LogP contribution in [-0.2, 0) is 4.74 Å². The number of carbonyl (C=O) groups excluding carboxylic acids is 1. The highest BCUT2D eigenvalue weighted by Crippen LogP contribution is 2.25. The fourth-order valence-corrected chi connectivity index (χ4v) is 4.09. The summed E-state index contributed by atoms with van der Waals surface area (Å²) >= 11 is 6.25. The maximum absolute atomic E-state index is 12.9. The van der Waals surface area contributed by atoms with Crippen molar-refractivity contribution in [1.29, 1.82) is 0 Å².